The third kappa shape index (κ3) is 4.98. The predicted molar refractivity (Wildman–Crippen MR) is 270 cm³/mol. The number of benzene rings is 9. The zero-order valence-corrected chi connectivity index (χ0v) is 33.3. The third-order valence-electron chi connectivity index (χ3n) is 13.7. The van der Waals surface area contributed by atoms with Crippen LogP contribution in [0.2, 0.25) is 0 Å². The molecule has 9 aromatic rings. The van der Waals surface area contributed by atoms with Gasteiger partial charge in [-0.25, -0.2) is 0 Å². The summed E-state index contributed by atoms with van der Waals surface area (Å²) in [6.07, 6.45) is 0. The summed E-state index contributed by atoms with van der Waals surface area (Å²) in [5, 5.41) is 10.7. The molecule has 55 heavy (non-hydrogen) atoms. The van der Waals surface area contributed by atoms with Crippen LogP contribution in [0.3, 0.4) is 0 Å². The zero-order valence-electron chi connectivity index (χ0n) is 33.3. The summed E-state index contributed by atoms with van der Waals surface area (Å²) in [6, 6.07) is 45.8. The first-order valence-corrected chi connectivity index (χ1v) is 19.8. The molecule has 0 spiro atoms. The lowest BCUT2D eigenvalue weighted by Crippen LogP contribution is -2.50. The van der Waals surface area contributed by atoms with Crippen LogP contribution in [0.5, 0.6) is 0 Å². The maximum atomic E-state index is 2.53. The van der Waals surface area contributed by atoms with Crippen molar-refractivity contribution >= 4 is 168 Å². The molecule has 0 aliphatic carbocycles. The van der Waals surface area contributed by atoms with E-state index in [9.17, 15) is 0 Å². The van der Waals surface area contributed by atoms with Crippen molar-refractivity contribution < 1.29 is 0 Å². The Balaban J connectivity index is 1.39. The van der Waals surface area contributed by atoms with Gasteiger partial charge in [-0.3, -0.25) is 0 Å². The molecule has 248 valence electrons. The van der Waals surface area contributed by atoms with Crippen LogP contribution in [-0.2, 0) is 0 Å². The van der Waals surface area contributed by atoms with Crippen LogP contribution in [-0.4, -0.2) is 70.0 Å². The normalized spacial score (nSPS) is 12.0. The molecule has 0 bridgehead atoms. The van der Waals surface area contributed by atoms with Crippen LogP contribution in [0.1, 0.15) is 0 Å². The average molecular weight is 687 g/mol. The molecule has 0 unspecified atom stereocenters. The second-order valence-electron chi connectivity index (χ2n) is 16.3. The molecule has 0 radical (unpaired) electrons. The van der Waals surface area contributed by atoms with E-state index in [1.54, 1.807) is 0 Å². The molecular formula is C46H37B9. The Hall–Kier alpha value is -5.40. The van der Waals surface area contributed by atoms with Crippen LogP contribution in [0.4, 0.5) is 0 Å². The van der Waals surface area contributed by atoms with Gasteiger partial charge in [-0.15, -0.1) is 21.9 Å². The Morgan fingerprint density at radius 3 is 1.38 bits per heavy atom. The largest absolute Gasteiger partial charge is 0.193 e. The molecule has 0 N–H and O–H groups in total. The van der Waals surface area contributed by atoms with Gasteiger partial charge in [0.05, 0.1) is 0 Å². The first-order chi connectivity index (χ1) is 26.6. The topological polar surface area (TPSA) is 0 Å². The van der Waals surface area contributed by atoms with Crippen molar-refractivity contribution in [2.45, 2.75) is 0 Å². The summed E-state index contributed by atoms with van der Waals surface area (Å²) in [7, 11) is 19.8. The lowest BCUT2D eigenvalue weighted by molar-refractivity contribution is 1.65. The summed E-state index contributed by atoms with van der Waals surface area (Å²) in [5.41, 5.74) is 24.5. The van der Waals surface area contributed by atoms with Crippen molar-refractivity contribution in [2.24, 2.45) is 0 Å². The maximum absolute atomic E-state index is 2.53. The van der Waals surface area contributed by atoms with Crippen molar-refractivity contribution in [1.82, 2.24) is 0 Å². The van der Waals surface area contributed by atoms with E-state index in [0.717, 1.165) is 7.28 Å². The van der Waals surface area contributed by atoms with Crippen molar-refractivity contribution in [1.29, 1.82) is 0 Å². The Labute approximate surface area is 332 Å². The maximum Gasteiger partial charge on any atom is 0.193 e. The Morgan fingerprint density at radius 2 is 0.782 bits per heavy atom. The highest BCUT2D eigenvalue weighted by atomic mass is 14.3. The first kappa shape index (κ1) is 34.1. The molecule has 0 atom stereocenters. The zero-order chi connectivity index (χ0) is 37.9. The molecule has 0 saturated carbocycles. The van der Waals surface area contributed by atoms with Crippen LogP contribution in [0.15, 0.2) is 121 Å². The summed E-state index contributed by atoms with van der Waals surface area (Å²) in [5.74, 6) is 0. The molecule has 1 aliphatic rings. The number of fused-ring (bicyclic) bond motifs is 7. The van der Waals surface area contributed by atoms with Gasteiger partial charge in [0.1, 0.15) is 62.8 Å². The Morgan fingerprint density at radius 1 is 0.309 bits per heavy atom. The fourth-order valence-electron chi connectivity index (χ4n) is 10.0. The fraction of sp³-hybridized carbons (Fsp3) is 0. The minimum absolute atomic E-state index is 0.981. The summed E-state index contributed by atoms with van der Waals surface area (Å²) in [6.45, 7) is 0. The molecule has 9 heteroatoms. The van der Waals surface area contributed by atoms with Gasteiger partial charge in [0.25, 0.3) is 0 Å². The summed E-state index contributed by atoms with van der Waals surface area (Å²) < 4.78 is 0. The van der Waals surface area contributed by atoms with Gasteiger partial charge >= 0.3 is 0 Å². The standard InChI is InChI=1S/C46H37B9/c47-39-35-33(25-14-15-31-29(18-25)30-17-22-10-4-5-11-23(22)20-32(30)55-31)36-38(42(50)46(54)44(52)40(36)48)34(37(35)41(49)45(53)43(39)51)26-16-24-12-6-7-13-27(24)28(19-26)21-8-2-1-3-9-21/h1-20,55H,47-54H2. The molecular weight excluding hydrogens is 650 g/mol. The Bertz CT molecular complexity index is 3070. The van der Waals surface area contributed by atoms with Gasteiger partial charge in [-0.05, 0) is 112 Å². The summed E-state index contributed by atoms with van der Waals surface area (Å²) in [4.78, 5) is 0. The van der Waals surface area contributed by atoms with E-state index in [0.29, 0.717) is 0 Å². The van der Waals surface area contributed by atoms with Crippen LogP contribution >= 0.6 is 0 Å². The smallest absolute Gasteiger partial charge is 0.101 e. The molecule has 0 aromatic heterocycles. The molecule has 9 aromatic carbocycles. The van der Waals surface area contributed by atoms with Gasteiger partial charge in [0.2, 0.25) is 0 Å². The van der Waals surface area contributed by atoms with E-state index in [1.807, 2.05) is 0 Å². The molecule has 1 aliphatic heterocycles. The molecule has 0 fully saturated rings. The molecule has 0 saturated heterocycles. The van der Waals surface area contributed by atoms with E-state index in [1.165, 1.54) is 142 Å². The van der Waals surface area contributed by atoms with Gasteiger partial charge in [-0.1, -0.05) is 130 Å². The predicted octanol–water partition coefficient (Wildman–Crippen LogP) is -3.26. The molecule has 0 nitrogen and oxygen atoms in total. The van der Waals surface area contributed by atoms with Gasteiger partial charge < -0.3 is 0 Å². The Kier molecular flexibility index (Phi) is 7.80. The van der Waals surface area contributed by atoms with E-state index in [4.69, 9.17) is 0 Å². The van der Waals surface area contributed by atoms with Gasteiger partial charge in [0, 0.05) is 0 Å². The van der Waals surface area contributed by atoms with Crippen molar-refractivity contribution in [3.63, 3.8) is 0 Å². The SMILES string of the molecule is Bc1c(B)c(B)c2c(-c3cc(-c4ccccc4)c4ccccc4c3)c3c(B)c(B)c(B)c(B)c3c(-c3ccc4c(c3)-c3cc5ccccc5cc3B4)c2c1B. The van der Waals surface area contributed by atoms with Gasteiger partial charge in [-0.2, -0.15) is 0 Å². The third-order valence-corrected chi connectivity index (χ3v) is 13.7. The van der Waals surface area contributed by atoms with Crippen molar-refractivity contribution in [3.8, 4) is 44.5 Å². The number of rotatable bonds is 3. The van der Waals surface area contributed by atoms with E-state index >= 15 is 0 Å². The first-order valence-electron chi connectivity index (χ1n) is 19.8. The minimum Gasteiger partial charge on any atom is -0.101 e. The molecule has 0 amide bonds. The van der Waals surface area contributed by atoms with Crippen LogP contribution < -0.4 is 54.6 Å². The number of hydrogen-bond acceptors (Lipinski definition) is 0. The fourth-order valence-corrected chi connectivity index (χ4v) is 10.0. The second-order valence-corrected chi connectivity index (χ2v) is 16.3. The highest BCUT2D eigenvalue weighted by molar-refractivity contribution is 6.74. The van der Waals surface area contributed by atoms with E-state index < -0.39 is 0 Å². The lowest BCUT2D eigenvalue weighted by Gasteiger charge is -2.28. The quantitative estimate of drug-likeness (QED) is 0.135. The second kappa shape index (κ2) is 12.6. The van der Waals surface area contributed by atoms with Gasteiger partial charge in [0.15, 0.2) is 7.28 Å². The van der Waals surface area contributed by atoms with Crippen LogP contribution in [0, 0.1) is 0 Å². The molecule has 10 rings (SSSR count). The van der Waals surface area contributed by atoms with E-state index in [-0.39, 0.29) is 0 Å². The number of hydrogen-bond donors (Lipinski definition) is 0. The van der Waals surface area contributed by atoms with Crippen molar-refractivity contribution in [2.75, 3.05) is 0 Å². The van der Waals surface area contributed by atoms with Crippen molar-refractivity contribution in [3.05, 3.63) is 121 Å². The monoisotopic (exact) mass is 688 g/mol. The minimum atomic E-state index is 0.981. The highest BCUT2D eigenvalue weighted by Gasteiger charge is 2.27. The van der Waals surface area contributed by atoms with Crippen LogP contribution in [0.25, 0.3) is 87.6 Å². The summed E-state index contributed by atoms with van der Waals surface area (Å²) >= 11 is 0. The molecule has 1 heterocycles. The van der Waals surface area contributed by atoms with E-state index in [2.05, 4.69) is 184 Å². The lowest BCUT2D eigenvalue weighted by atomic mass is 9.59. The highest BCUT2D eigenvalue weighted by Crippen LogP contribution is 2.43. The average Bonchev–Trinajstić information content (AvgIpc) is 3.57.